The monoisotopic (exact) mass is 1090 g/mol. The van der Waals surface area contributed by atoms with Gasteiger partial charge in [-0.05, 0) is 192 Å². The van der Waals surface area contributed by atoms with Crippen molar-refractivity contribution in [3.63, 3.8) is 0 Å². The average molecular weight is 1100 g/mol. The lowest BCUT2D eigenvalue weighted by molar-refractivity contribution is 0.165. The molecule has 7 nitrogen and oxygen atoms in total. The van der Waals surface area contributed by atoms with Crippen molar-refractivity contribution in [3.05, 3.63) is 153 Å². The van der Waals surface area contributed by atoms with Gasteiger partial charge in [0.15, 0.2) is 0 Å². The van der Waals surface area contributed by atoms with E-state index in [1.54, 1.807) is 11.1 Å². The van der Waals surface area contributed by atoms with Gasteiger partial charge in [-0.3, -0.25) is 19.9 Å². The summed E-state index contributed by atoms with van der Waals surface area (Å²) in [7, 11) is 0. The first-order valence-electron chi connectivity index (χ1n) is 32.6. The summed E-state index contributed by atoms with van der Waals surface area (Å²) < 4.78 is 12.8. The van der Waals surface area contributed by atoms with E-state index < -0.39 is 5.41 Å². The molecule has 1 spiro atoms. The van der Waals surface area contributed by atoms with E-state index in [2.05, 4.69) is 150 Å². The fourth-order valence-electron chi connectivity index (χ4n) is 24.1. The Bertz CT molecular complexity index is 4810. The standard InChI is InChI=1S/C77H70N6O/c1-73(2)33-75(5,6)71-65(73)59-51(31-80-71)82-49-29-78-67-41-23-35-17-36(24-41)20-39(19-35)55(67)57(49)45-27-43-44-28-46-58-50(30-79-68-42-25-37-18-38(26-42)22-40(21-37)56(58)68)83-52-32-81-72-66(74(3,4)34-76(72,7)8)60(52)62(70(46)83)64(44)77(63(43)61(59)69(45)82)47-13-9-11-15-53(47)84-54-16-12-10-14-48(54)77/h9-16,27-32,35-42H,17-26,33-34H2,1-8H3. The third kappa shape index (κ3) is 4.97. The number of hydrogen-bond donors (Lipinski definition) is 0. The van der Waals surface area contributed by atoms with Crippen molar-refractivity contribution in [1.29, 1.82) is 0 Å². The zero-order chi connectivity index (χ0) is 55.5. The van der Waals surface area contributed by atoms with Crippen molar-refractivity contribution < 1.29 is 4.74 Å². The number of para-hydroxylation sites is 2. The fourth-order valence-corrected chi connectivity index (χ4v) is 24.1. The Balaban J connectivity index is 1.03. The maximum absolute atomic E-state index is 7.35. The summed E-state index contributed by atoms with van der Waals surface area (Å²) in [6, 6.07) is 24.0. The van der Waals surface area contributed by atoms with Crippen LogP contribution in [0.3, 0.4) is 0 Å². The van der Waals surface area contributed by atoms with Crippen LogP contribution in [-0.4, -0.2) is 28.7 Å². The molecule has 8 aromatic heterocycles. The van der Waals surface area contributed by atoms with Gasteiger partial charge in [0.05, 0.1) is 74.7 Å². The predicted octanol–water partition coefficient (Wildman–Crippen LogP) is 18.7. The molecule has 414 valence electrons. The number of fused-ring (bicyclic) bond motifs is 27. The Morgan fingerprint density at radius 1 is 0.405 bits per heavy atom. The summed E-state index contributed by atoms with van der Waals surface area (Å²) >= 11 is 0. The summed E-state index contributed by atoms with van der Waals surface area (Å²) in [6.07, 6.45) is 24.5. The summed E-state index contributed by atoms with van der Waals surface area (Å²) in [5, 5.41) is 11.4. The first-order valence-corrected chi connectivity index (χ1v) is 32.6. The zero-order valence-electron chi connectivity index (χ0n) is 49.8. The van der Waals surface area contributed by atoms with E-state index in [0.29, 0.717) is 23.7 Å². The van der Waals surface area contributed by atoms with Crippen LogP contribution in [0.1, 0.15) is 223 Å². The van der Waals surface area contributed by atoms with E-state index in [1.165, 1.54) is 208 Å². The Kier molecular flexibility index (Phi) is 7.74. The minimum Gasteiger partial charge on any atom is -0.457 e. The molecule has 12 aromatic rings. The molecule has 0 amide bonds. The highest BCUT2D eigenvalue weighted by atomic mass is 16.5. The maximum Gasteiger partial charge on any atom is 0.132 e. The lowest BCUT2D eigenvalue weighted by Gasteiger charge is -2.40. The van der Waals surface area contributed by atoms with Crippen molar-refractivity contribution in [2.45, 2.75) is 183 Å². The van der Waals surface area contributed by atoms with Gasteiger partial charge in [0.25, 0.3) is 0 Å². The third-order valence-corrected chi connectivity index (χ3v) is 25.5. The number of rotatable bonds is 0. The van der Waals surface area contributed by atoms with Crippen molar-refractivity contribution in [3.8, 4) is 22.6 Å². The largest absolute Gasteiger partial charge is 0.457 e. The van der Waals surface area contributed by atoms with Gasteiger partial charge in [-0.1, -0.05) is 91.8 Å². The predicted molar refractivity (Wildman–Crippen MR) is 337 cm³/mol. The van der Waals surface area contributed by atoms with Crippen LogP contribution in [0.25, 0.3) is 87.3 Å². The van der Waals surface area contributed by atoms with Crippen LogP contribution in [0.5, 0.6) is 11.5 Å². The normalized spacial score (nSPS) is 28.5. The molecule has 9 heterocycles. The first kappa shape index (κ1) is 46.2. The number of aromatic nitrogens is 6. The molecule has 4 unspecified atom stereocenters. The van der Waals surface area contributed by atoms with Crippen LogP contribution in [0, 0.1) is 23.7 Å². The summed E-state index contributed by atoms with van der Waals surface area (Å²) in [4.78, 5) is 22.9. The zero-order valence-corrected chi connectivity index (χ0v) is 49.8. The molecule has 0 saturated heterocycles. The number of nitrogens with zero attached hydrogens (tertiary/aromatic N) is 6. The summed E-state index contributed by atoms with van der Waals surface area (Å²) in [5.41, 5.74) is 25.9. The molecule has 4 aromatic carbocycles. The highest BCUT2D eigenvalue weighted by Gasteiger charge is 2.58. The molecule has 0 N–H and O–H groups in total. The molecule has 0 radical (unpaired) electrons. The van der Waals surface area contributed by atoms with Gasteiger partial charge in [-0.25, -0.2) is 0 Å². The van der Waals surface area contributed by atoms with E-state index in [1.807, 2.05) is 0 Å². The SMILES string of the molecule is CC1(C)CC(C)(C)c2c1ncc1c2c2c3c(cc4c5c6c(ncc5n1c42)C1CC2CC(C1)CC6C2)-c1cc2c4c5c(ncc4n4c6cnc7c(c6c(c1C31c3ccccc3Oc3ccccc31)c24)C(C)(C)CC7(C)C)C1CC2CC(C1)CC5C2. The number of ether oxygens (including phenoxy) is 1. The van der Waals surface area contributed by atoms with Crippen LogP contribution in [0.2, 0.25) is 0 Å². The number of hydrogen-bond acceptors (Lipinski definition) is 5. The van der Waals surface area contributed by atoms with E-state index in [4.69, 9.17) is 24.7 Å². The second kappa shape index (κ2) is 14.1. The molecule has 1 aliphatic heterocycles. The minimum absolute atomic E-state index is 0.103. The molecule has 7 heteroatoms. The van der Waals surface area contributed by atoms with E-state index in [-0.39, 0.29) is 21.7 Å². The highest BCUT2D eigenvalue weighted by molar-refractivity contribution is 6.32. The first-order chi connectivity index (χ1) is 40.6. The maximum atomic E-state index is 7.35. The summed E-state index contributed by atoms with van der Waals surface area (Å²) in [6.45, 7) is 19.9. The molecule has 84 heavy (non-hydrogen) atoms. The van der Waals surface area contributed by atoms with E-state index in [9.17, 15) is 0 Å². The van der Waals surface area contributed by atoms with Crippen LogP contribution < -0.4 is 4.74 Å². The second-order valence-electron chi connectivity index (χ2n) is 32.3. The molecular weight excluding hydrogens is 1020 g/mol. The topological polar surface area (TPSA) is 69.6 Å². The Labute approximate surface area is 489 Å². The lowest BCUT2D eigenvalue weighted by atomic mass is 9.64. The molecule has 8 bridgehead atoms. The molecule has 12 aliphatic rings. The molecule has 4 atom stereocenters. The van der Waals surface area contributed by atoms with Crippen molar-refractivity contribution >= 4 is 76.2 Å². The van der Waals surface area contributed by atoms with Gasteiger partial charge < -0.3 is 13.5 Å². The van der Waals surface area contributed by atoms with E-state index >= 15 is 0 Å². The van der Waals surface area contributed by atoms with Crippen LogP contribution in [-0.2, 0) is 27.1 Å². The Morgan fingerprint density at radius 3 is 1.21 bits per heavy atom. The number of pyridine rings is 4. The molecule has 4 saturated carbocycles. The lowest BCUT2D eigenvalue weighted by Crippen LogP contribution is -2.32. The van der Waals surface area contributed by atoms with Gasteiger partial charge in [0.2, 0.25) is 0 Å². The molecule has 4 fully saturated rings. The third-order valence-electron chi connectivity index (χ3n) is 25.5. The van der Waals surface area contributed by atoms with Gasteiger partial charge in [-0.2, -0.15) is 0 Å². The van der Waals surface area contributed by atoms with Crippen LogP contribution in [0.4, 0.5) is 0 Å². The fraction of sp³-hybridized carbons (Fsp3) is 0.429. The Morgan fingerprint density at radius 2 is 0.786 bits per heavy atom. The average Bonchev–Trinajstić information content (AvgIpc) is 1.46. The van der Waals surface area contributed by atoms with Crippen molar-refractivity contribution in [2.75, 3.05) is 0 Å². The van der Waals surface area contributed by atoms with Gasteiger partial charge in [-0.15, -0.1) is 0 Å². The quantitative estimate of drug-likeness (QED) is 0.151. The molecule has 11 aliphatic carbocycles. The number of benzene rings is 4. The molecule has 24 rings (SSSR count). The molecular formula is C77H70N6O. The smallest absolute Gasteiger partial charge is 0.132 e. The van der Waals surface area contributed by atoms with Crippen molar-refractivity contribution in [1.82, 2.24) is 28.7 Å². The van der Waals surface area contributed by atoms with Gasteiger partial charge in [0.1, 0.15) is 11.5 Å². The second-order valence-corrected chi connectivity index (χ2v) is 32.3. The van der Waals surface area contributed by atoms with Gasteiger partial charge in [0, 0.05) is 88.3 Å². The van der Waals surface area contributed by atoms with E-state index in [0.717, 1.165) is 48.0 Å². The highest BCUT2D eigenvalue weighted by Crippen LogP contribution is 2.71. The van der Waals surface area contributed by atoms with Crippen LogP contribution in [0.15, 0.2) is 85.5 Å². The van der Waals surface area contributed by atoms with Crippen molar-refractivity contribution in [2.24, 2.45) is 23.7 Å². The minimum atomic E-state index is -0.808. The van der Waals surface area contributed by atoms with Gasteiger partial charge >= 0.3 is 0 Å². The Hall–Kier alpha value is -7.12. The summed E-state index contributed by atoms with van der Waals surface area (Å²) in [5.74, 6) is 7.15. The van der Waals surface area contributed by atoms with Crippen LogP contribution >= 0.6 is 0 Å².